The molecule has 4 nitrogen and oxygen atoms in total. The molecule has 2 aromatic heterocycles. The molecule has 158 valence electrons. The highest BCUT2D eigenvalue weighted by atomic mass is 16.4. The van der Waals surface area contributed by atoms with E-state index in [0.29, 0.717) is 5.56 Å². The van der Waals surface area contributed by atoms with Gasteiger partial charge in [-0.05, 0) is 53.5 Å². The summed E-state index contributed by atoms with van der Waals surface area (Å²) in [6, 6.07) is 14.4. The van der Waals surface area contributed by atoms with E-state index >= 15 is 0 Å². The summed E-state index contributed by atoms with van der Waals surface area (Å²) in [5.41, 5.74) is 6.86. The first kappa shape index (κ1) is 18.7. The minimum Gasteiger partial charge on any atom is -0.422 e. The van der Waals surface area contributed by atoms with Crippen molar-refractivity contribution in [1.29, 1.82) is 0 Å². The number of aromatic nitrogens is 1. The standard InChI is InChI=1S/C27H28N2O2/c1-26(2)9-11-29-12-10-27(3,4)22-23(29)19(26)14-17-13-18(25(30)31-24(17)22)21-15-16-7-5-6-8-20(16)28-21/h5-8,13-15,28H,9-12H2,1-4H3. The van der Waals surface area contributed by atoms with Crippen LogP contribution in [0.2, 0.25) is 0 Å². The summed E-state index contributed by atoms with van der Waals surface area (Å²) >= 11 is 0. The van der Waals surface area contributed by atoms with Crippen LogP contribution in [0.5, 0.6) is 0 Å². The molecule has 0 radical (unpaired) electrons. The third-order valence-corrected chi connectivity index (χ3v) is 7.55. The van der Waals surface area contributed by atoms with Gasteiger partial charge in [0.25, 0.3) is 0 Å². The normalized spacial score (nSPS) is 19.0. The number of H-pyrrole nitrogens is 1. The minimum atomic E-state index is -0.279. The van der Waals surface area contributed by atoms with E-state index in [1.807, 2.05) is 30.3 Å². The van der Waals surface area contributed by atoms with Crippen LogP contribution in [0.1, 0.15) is 51.7 Å². The summed E-state index contributed by atoms with van der Waals surface area (Å²) < 4.78 is 6.12. The maximum absolute atomic E-state index is 13.2. The summed E-state index contributed by atoms with van der Waals surface area (Å²) in [5.74, 6) is 0. The van der Waals surface area contributed by atoms with E-state index in [0.717, 1.165) is 53.5 Å². The summed E-state index contributed by atoms with van der Waals surface area (Å²) in [5, 5.41) is 2.11. The molecule has 0 spiro atoms. The molecule has 31 heavy (non-hydrogen) atoms. The molecule has 1 N–H and O–H groups in total. The molecule has 4 heterocycles. The zero-order chi connectivity index (χ0) is 21.5. The molecule has 2 aromatic carbocycles. The van der Waals surface area contributed by atoms with E-state index in [1.54, 1.807) is 0 Å². The van der Waals surface area contributed by atoms with E-state index in [2.05, 4.69) is 49.7 Å². The van der Waals surface area contributed by atoms with Gasteiger partial charge in [-0.2, -0.15) is 0 Å². The van der Waals surface area contributed by atoms with Gasteiger partial charge in [0.05, 0.1) is 11.3 Å². The number of nitrogens with one attached hydrogen (secondary N) is 1. The van der Waals surface area contributed by atoms with Gasteiger partial charge in [0.1, 0.15) is 5.58 Å². The van der Waals surface area contributed by atoms with Gasteiger partial charge in [-0.1, -0.05) is 45.9 Å². The Labute approximate surface area is 181 Å². The van der Waals surface area contributed by atoms with Crippen LogP contribution in [0.25, 0.3) is 33.1 Å². The van der Waals surface area contributed by atoms with Crippen molar-refractivity contribution in [2.75, 3.05) is 18.0 Å². The van der Waals surface area contributed by atoms with Gasteiger partial charge in [-0.15, -0.1) is 0 Å². The van der Waals surface area contributed by atoms with Crippen LogP contribution < -0.4 is 10.5 Å². The number of nitrogens with zero attached hydrogens (tertiary/aromatic N) is 1. The predicted molar refractivity (Wildman–Crippen MR) is 127 cm³/mol. The van der Waals surface area contributed by atoms with Gasteiger partial charge < -0.3 is 14.3 Å². The van der Waals surface area contributed by atoms with E-state index in [9.17, 15) is 4.79 Å². The van der Waals surface area contributed by atoms with Crippen LogP contribution in [-0.4, -0.2) is 18.1 Å². The third kappa shape index (κ3) is 2.63. The average molecular weight is 413 g/mol. The number of hydrogen-bond donors (Lipinski definition) is 1. The Balaban J connectivity index is 1.68. The SMILES string of the molecule is CC1(C)CCN2CCC(C)(C)c3c2c1cc1cc(-c2cc4ccccc4[nH]2)c(=O)oc31. The monoisotopic (exact) mass is 412 g/mol. The highest BCUT2D eigenvalue weighted by molar-refractivity contribution is 5.93. The van der Waals surface area contributed by atoms with E-state index in [4.69, 9.17) is 4.42 Å². The van der Waals surface area contributed by atoms with E-state index in [-0.39, 0.29) is 16.5 Å². The molecular weight excluding hydrogens is 384 g/mol. The molecule has 0 atom stereocenters. The fourth-order valence-electron chi connectivity index (χ4n) is 5.56. The second kappa shape index (κ2) is 6.03. The lowest BCUT2D eigenvalue weighted by molar-refractivity contribution is 0.398. The van der Waals surface area contributed by atoms with Gasteiger partial charge in [0, 0.05) is 40.6 Å². The van der Waals surface area contributed by atoms with Gasteiger partial charge >= 0.3 is 5.63 Å². The fraction of sp³-hybridized carbons (Fsp3) is 0.370. The van der Waals surface area contributed by atoms with Crippen LogP contribution in [-0.2, 0) is 10.8 Å². The number of fused-ring (bicyclic) bond motifs is 3. The maximum Gasteiger partial charge on any atom is 0.345 e. The topological polar surface area (TPSA) is 49.2 Å². The quantitative estimate of drug-likeness (QED) is 0.384. The number of anilines is 1. The first-order valence-corrected chi connectivity index (χ1v) is 11.2. The van der Waals surface area contributed by atoms with Crippen LogP contribution in [0, 0.1) is 0 Å². The number of aromatic amines is 1. The van der Waals surface area contributed by atoms with Crippen LogP contribution in [0.3, 0.4) is 0 Å². The molecule has 0 saturated heterocycles. The van der Waals surface area contributed by atoms with Crippen molar-refractivity contribution in [2.45, 2.75) is 51.4 Å². The third-order valence-electron chi connectivity index (χ3n) is 7.55. The van der Waals surface area contributed by atoms with Crippen molar-refractivity contribution in [3.05, 3.63) is 64.0 Å². The van der Waals surface area contributed by atoms with E-state index in [1.165, 1.54) is 16.8 Å². The van der Waals surface area contributed by atoms with Crippen molar-refractivity contribution >= 4 is 27.6 Å². The zero-order valence-electron chi connectivity index (χ0n) is 18.6. The lowest BCUT2D eigenvalue weighted by Gasteiger charge is -2.48. The lowest BCUT2D eigenvalue weighted by atomic mass is 9.69. The van der Waals surface area contributed by atoms with Gasteiger partial charge in [0.2, 0.25) is 0 Å². The minimum absolute atomic E-state index is 0.0356. The second-order valence-corrected chi connectivity index (χ2v) is 10.5. The lowest BCUT2D eigenvalue weighted by Crippen LogP contribution is -2.44. The average Bonchev–Trinajstić information content (AvgIpc) is 3.15. The molecule has 6 rings (SSSR count). The molecule has 2 aliphatic rings. The Bertz CT molecular complexity index is 1390. The Morgan fingerprint density at radius 1 is 0.935 bits per heavy atom. The Morgan fingerprint density at radius 2 is 1.68 bits per heavy atom. The largest absolute Gasteiger partial charge is 0.422 e. The molecule has 0 aliphatic carbocycles. The van der Waals surface area contributed by atoms with Crippen molar-refractivity contribution in [1.82, 2.24) is 4.98 Å². The highest BCUT2D eigenvalue weighted by Crippen LogP contribution is 2.51. The number of benzene rings is 2. The van der Waals surface area contributed by atoms with Crippen LogP contribution in [0.15, 0.2) is 51.7 Å². The molecule has 0 fully saturated rings. The maximum atomic E-state index is 13.2. The molecule has 2 aliphatic heterocycles. The molecule has 4 heteroatoms. The summed E-state index contributed by atoms with van der Waals surface area (Å²) in [6.07, 6.45) is 2.20. The Kier molecular flexibility index (Phi) is 3.64. The van der Waals surface area contributed by atoms with Gasteiger partial charge in [-0.3, -0.25) is 0 Å². The summed E-state index contributed by atoms with van der Waals surface area (Å²) in [7, 11) is 0. The van der Waals surface area contributed by atoms with Crippen molar-refractivity contribution in [3.63, 3.8) is 0 Å². The predicted octanol–water partition coefficient (Wildman–Crippen LogP) is 6.11. The zero-order valence-corrected chi connectivity index (χ0v) is 18.6. The Morgan fingerprint density at radius 3 is 2.45 bits per heavy atom. The molecule has 0 amide bonds. The van der Waals surface area contributed by atoms with E-state index < -0.39 is 0 Å². The molecular formula is C27H28N2O2. The number of hydrogen-bond acceptors (Lipinski definition) is 3. The van der Waals surface area contributed by atoms with Gasteiger partial charge in [0.15, 0.2) is 0 Å². The second-order valence-electron chi connectivity index (χ2n) is 10.5. The first-order chi connectivity index (χ1) is 14.7. The van der Waals surface area contributed by atoms with Crippen molar-refractivity contribution < 1.29 is 4.42 Å². The number of rotatable bonds is 1. The molecule has 4 aromatic rings. The smallest absolute Gasteiger partial charge is 0.345 e. The van der Waals surface area contributed by atoms with Crippen molar-refractivity contribution in [3.8, 4) is 11.3 Å². The summed E-state index contributed by atoms with van der Waals surface area (Å²) in [4.78, 5) is 19.1. The highest BCUT2D eigenvalue weighted by Gasteiger charge is 2.41. The van der Waals surface area contributed by atoms with Crippen LogP contribution >= 0.6 is 0 Å². The molecule has 0 saturated carbocycles. The van der Waals surface area contributed by atoms with Gasteiger partial charge in [-0.25, -0.2) is 4.79 Å². The first-order valence-electron chi connectivity index (χ1n) is 11.2. The molecule has 0 unspecified atom stereocenters. The van der Waals surface area contributed by atoms with Crippen molar-refractivity contribution in [2.24, 2.45) is 0 Å². The molecule has 0 bridgehead atoms. The fourth-order valence-corrected chi connectivity index (χ4v) is 5.56. The number of para-hydroxylation sites is 1. The summed E-state index contributed by atoms with van der Waals surface area (Å²) in [6.45, 7) is 11.4. The van der Waals surface area contributed by atoms with Crippen LogP contribution in [0.4, 0.5) is 5.69 Å². The Hall–Kier alpha value is -3.01.